The van der Waals surface area contributed by atoms with Crippen LogP contribution in [-0.4, -0.2) is 45.5 Å². The fourth-order valence-electron chi connectivity index (χ4n) is 4.36. The fraction of sp³-hybridized carbons (Fsp3) is 0.292. The Morgan fingerprint density at radius 3 is 2.60 bits per heavy atom. The second-order valence-electron chi connectivity index (χ2n) is 8.33. The summed E-state index contributed by atoms with van der Waals surface area (Å²) in [7, 11) is 0. The maximum Gasteiger partial charge on any atom is 0.266 e. The molecule has 2 aliphatic heterocycles. The third-order valence-corrected chi connectivity index (χ3v) is 6.10. The zero-order valence-electron chi connectivity index (χ0n) is 17.1. The van der Waals surface area contributed by atoms with Gasteiger partial charge in [0, 0.05) is 23.0 Å². The number of hydrogen-bond donors (Lipinski definition) is 1. The molecule has 30 heavy (non-hydrogen) atoms. The lowest BCUT2D eigenvalue weighted by Gasteiger charge is -2.40. The van der Waals surface area contributed by atoms with Crippen LogP contribution in [0.3, 0.4) is 0 Å². The first kappa shape index (κ1) is 18.6. The van der Waals surface area contributed by atoms with Crippen molar-refractivity contribution < 1.29 is 9.59 Å². The molecule has 1 N–H and O–H groups in total. The van der Waals surface area contributed by atoms with Gasteiger partial charge in [-0.25, -0.2) is 5.01 Å². The molecule has 0 saturated carbocycles. The van der Waals surface area contributed by atoms with Crippen molar-refractivity contribution in [3.63, 3.8) is 0 Å². The van der Waals surface area contributed by atoms with Gasteiger partial charge in [-0.05, 0) is 28.7 Å². The number of nitrogens with zero attached hydrogens (tertiary/aromatic N) is 3. The Kier molecular flexibility index (Phi) is 4.42. The van der Waals surface area contributed by atoms with Crippen LogP contribution >= 0.6 is 0 Å². The van der Waals surface area contributed by atoms with E-state index in [2.05, 4.69) is 42.1 Å². The maximum atomic E-state index is 13.1. The Morgan fingerprint density at radius 2 is 1.83 bits per heavy atom. The van der Waals surface area contributed by atoms with Gasteiger partial charge >= 0.3 is 0 Å². The number of benzene rings is 2. The van der Waals surface area contributed by atoms with Crippen molar-refractivity contribution in [1.29, 1.82) is 0 Å². The molecule has 1 fully saturated rings. The molecule has 2 aromatic carbocycles. The van der Waals surface area contributed by atoms with Crippen LogP contribution in [0.2, 0.25) is 0 Å². The Morgan fingerprint density at radius 1 is 1.07 bits per heavy atom. The van der Waals surface area contributed by atoms with Gasteiger partial charge in [-0.15, -0.1) is 0 Å². The lowest BCUT2D eigenvalue weighted by molar-refractivity contribution is -0.157. The second kappa shape index (κ2) is 7.13. The van der Waals surface area contributed by atoms with Crippen molar-refractivity contribution in [1.82, 2.24) is 14.9 Å². The number of para-hydroxylation sites is 1. The van der Waals surface area contributed by atoms with Crippen molar-refractivity contribution >= 4 is 28.9 Å². The summed E-state index contributed by atoms with van der Waals surface area (Å²) in [5.41, 5.74) is 5.36. The van der Waals surface area contributed by atoms with Crippen molar-refractivity contribution in [3.8, 4) is 0 Å². The summed E-state index contributed by atoms with van der Waals surface area (Å²) in [5.74, 6) is 0.265. The van der Waals surface area contributed by atoms with E-state index in [-0.39, 0.29) is 18.4 Å². The first-order valence-corrected chi connectivity index (χ1v) is 10.3. The summed E-state index contributed by atoms with van der Waals surface area (Å²) in [5, 5.41) is 6.80. The van der Waals surface area contributed by atoms with E-state index in [4.69, 9.17) is 0 Å². The number of aromatic nitrogens is 1. The molecule has 5 rings (SSSR count). The SMILES string of the molecule is CC(C)c1ccc(/C=N\N2CC(=O)N3Cc4[nH]c5ccccc5c4C[C@@H]3C2=O)cc1. The molecule has 3 heterocycles. The number of nitrogens with one attached hydrogen (secondary N) is 1. The summed E-state index contributed by atoms with van der Waals surface area (Å²) < 4.78 is 0. The topological polar surface area (TPSA) is 68.8 Å². The monoisotopic (exact) mass is 400 g/mol. The highest BCUT2D eigenvalue weighted by Gasteiger charge is 2.43. The van der Waals surface area contributed by atoms with E-state index in [1.54, 1.807) is 11.1 Å². The van der Waals surface area contributed by atoms with E-state index in [9.17, 15) is 9.59 Å². The number of fused-ring (bicyclic) bond motifs is 4. The molecule has 0 radical (unpaired) electrons. The number of hydrazone groups is 1. The molecule has 1 saturated heterocycles. The normalized spacial score (nSPS) is 19.1. The van der Waals surface area contributed by atoms with Crippen molar-refractivity contribution in [2.75, 3.05) is 6.54 Å². The zero-order valence-corrected chi connectivity index (χ0v) is 17.1. The zero-order chi connectivity index (χ0) is 20.8. The van der Waals surface area contributed by atoms with Gasteiger partial charge in [0.25, 0.3) is 5.91 Å². The van der Waals surface area contributed by atoms with Gasteiger partial charge in [0.1, 0.15) is 12.6 Å². The molecule has 3 aromatic rings. The van der Waals surface area contributed by atoms with Crippen LogP contribution < -0.4 is 0 Å². The standard InChI is InChI=1S/C24H24N4O2/c1-15(2)17-9-7-16(8-10-17)12-25-28-14-23(29)27-13-21-19(11-22(27)24(28)30)18-5-3-4-6-20(18)26-21/h3-10,12,15,22,26H,11,13-14H2,1-2H3/b25-12-/t22-/m1/s1. The molecule has 0 bridgehead atoms. The van der Waals surface area contributed by atoms with Crippen LogP contribution in [0, 0.1) is 0 Å². The number of amides is 2. The summed E-state index contributed by atoms with van der Waals surface area (Å²) in [6.07, 6.45) is 2.17. The molecule has 2 aliphatic rings. The van der Waals surface area contributed by atoms with Gasteiger partial charge in [-0.3, -0.25) is 9.59 Å². The quantitative estimate of drug-likeness (QED) is 0.685. The fourth-order valence-corrected chi connectivity index (χ4v) is 4.36. The average Bonchev–Trinajstić information content (AvgIpc) is 3.12. The number of H-pyrrole nitrogens is 1. The third-order valence-electron chi connectivity index (χ3n) is 6.10. The first-order chi connectivity index (χ1) is 14.5. The minimum atomic E-state index is -0.501. The van der Waals surface area contributed by atoms with Crippen molar-refractivity contribution in [2.45, 2.75) is 38.8 Å². The van der Waals surface area contributed by atoms with Crippen LogP contribution in [0.25, 0.3) is 10.9 Å². The van der Waals surface area contributed by atoms with E-state index in [1.165, 1.54) is 10.6 Å². The van der Waals surface area contributed by atoms with E-state index in [0.29, 0.717) is 18.9 Å². The Labute approximate surface area is 175 Å². The third kappa shape index (κ3) is 3.09. The molecule has 1 aromatic heterocycles. The summed E-state index contributed by atoms with van der Waals surface area (Å²) in [4.78, 5) is 31.0. The van der Waals surface area contributed by atoms with Crippen LogP contribution in [-0.2, 0) is 22.6 Å². The van der Waals surface area contributed by atoms with Gasteiger partial charge in [-0.1, -0.05) is 56.3 Å². The number of hydrogen-bond acceptors (Lipinski definition) is 3. The second-order valence-corrected chi connectivity index (χ2v) is 8.33. The molecule has 0 spiro atoms. The molecule has 152 valence electrons. The molecule has 0 unspecified atom stereocenters. The van der Waals surface area contributed by atoms with Gasteiger partial charge in [-0.2, -0.15) is 5.10 Å². The molecule has 6 heteroatoms. The summed E-state index contributed by atoms with van der Waals surface area (Å²) >= 11 is 0. The van der Waals surface area contributed by atoms with Gasteiger partial charge < -0.3 is 9.88 Å². The number of rotatable bonds is 3. The molecule has 6 nitrogen and oxygen atoms in total. The van der Waals surface area contributed by atoms with Gasteiger partial charge in [0.2, 0.25) is 5.91 Å². The van der Waals surface area contributed by atoms with Crippen molar-refractivity contribution in [2.24, 2.45) is 5.10 Å². The Hall–Kier alpha value is -3.41. The van der Waals surface area contributed by atoms with E-state index in [0.717, 1.165) is 27.7 Å². The minimum Gasteiger partial charge on any atom is -0.357 e. The van der Waals surface area contributed by atoms with Crippen LogP contribution in [0.1, 0.15) is 42.1 Å². The molecule has 2 amide bonds. The Bertz CT molecular complexity index is 1160. The predicted octanol–water partition coefficient (Wildman–Crippen LogP) is 3.42. The molecule has 0 aliphatic carbocycles. The van der Waals surface area contributed by atoms with Crippen LogP contribution in [0.15, 0.2) is 53.6 Å². The number of carbonyl (C=O) groups is 2. The summed E-state index contributed by atoms with van der Waals surface area (Å²) in [6, 6.07) is 15.7. The smallest absolute Gasteiger partial charge is 0.266 e. The largest absolute Gasteiger partial charge is 0.357 e. The van der Waals surface area contributed by atoms with Gasteiger partial charge in [0.15, 0.2) is 0 Å². The van der Waals surface area contributed by atoms with Crippen molar-refractivity contribution in [3.05, 3.63) is 70.9 Å². The Balaban J connectivity index is 1.39. The molecular formula is C24H24N4O2. The molecule has 1 atom stereocenters. The lowest BCUT2D eigenvalue weighted by Crippen LogP contribution is -2.60. The summed E-state index contributed by atoms with van der Waals surface area (Å²) in [6.45, 7) is 4.71. The van der Waals surface area contributed by atoms with E-state index < -0.39 is 6.04 Å². The minimum absolute atomic E-state index is 0.0223. The van der Waals surface area contributed by atoms with Gasteiger partial charge in [0.05, 0.1) is 12.8 Å². The highest BCUT2D eigenvalue weighted by molar-refractivity contribution is 5.97. The first-order valence-electron chi connectivity index (χ1n) is 10.3. The van der Waals surface area contributed by atoms with Crippen LogP contribution in [0.4, 0.5) is 0 Å². The van der Waals surface area contributed by atoms with Crippen LogP contribution in [0.5, 0.6) is 0 Å². The van der Waals surface area contributed by atoms with E-state index >= 15 is 0 Å². The predicted molar refractivity (Wildman–Crippen MR) is 116 cm³/mol. The lowest BCUT2D eigenvalue weighted by atomic mass is 9.94. The average molecular weight is 400 g/mol. The highest BCUT2D eigenvalue weighted by atomic mass is 16.2. The van der Waals surface area contributed by atoms with E-state index in [1.807, 2.05) is 30.3 Å². The maximum absolute atomic E-state index is 13.1. The highest BCUT2D eigenvalue weighted by Crippen LogP contribution is 2.32. The number of carbonyl (C=O) groups excluding carboxylic acids is 2. The number of piperazine rings is 1. The molecular weight excluding hydrogens is 376 g/mol. The number of aromatic amines is 1.